The highest BCUT2D eigenvalue weighted by atomic mass is 32.1. The van der Waals surface area contributed by atoms with Crippen LogP contribution in [0.5, 0.6) is 5.88 Å². The molecule has 3 rings (SSSR count). The molecule has 19 heavy (non-hydrogen) atoms. The molecule has 3 heterocycles. The molecule has 1 N–H and O–H groups in total. The number of ether oxygens (including phenoxy) is 1. The van der Waals surface area contributed by atoms with Crippen molar-refractivity contribution in [2.75, 3.05) is 7.11 Å². The molecule has 0 radical (unpaired) electrons. The number of aromatic amines is 1. The first-order valence-electron chi connectivity index (χ1n) is 5.66. The Morgan fingerprint density at radius 2 is 2.26 bits per heavy atom. The normalized spacial score (nSPS) is 10.8. The van der Waals surface area contributed by atoms with E-state index in [9.17, 15) is 0 Å². The minimum atomic E-state index is 0.543. The average Bonchev–Trinajstić information content (AvgIpc) is 2.76. The zero-order chi connectivity index (χ0) is 13.2. The standard InChI is InChI=1S/C12H11N5OS/c1-18-10-3-2-9-11(16-10)17(12(19)15-9)6-8-4-5-13-7-14-8/h2-5,7H,6H2,1H3,(H,15,19). The quantitative estimate of drug-likeness (QED) is 0.739. The Morgan fingerprint density at radius 3 is 3.00 bits per heavy atom. The van der Waals surface area contributed by atoms with Crippen molar-refractivity contribution in [2.45, 2.75) is 6.54 Å². The molecule has 0 unspecified atom stereocenters. The summed E-state index contributed by atoms with van der Waals surface area (Å²) in [5.74, 6) is 0.554. The van der Waals surface area contributed by atoms with E-state index >= 15 is 0 Å². The molecule has 3 aromatic heterocycles. The van der Waals surface area contributed by atoms with Crippen LogP contribution >= 0.6 is 12.2 Å². The van der Waals surface area contributed by atoms with Crippen molar-refractivity contribution in [3.8, 4) is 5.88 Å². The van der Waals surface area contributed by atoms with Gasteiger partial charge in [0.1, 0.15) is 6.33 Å². The van der Waals surface area contributed by atoms with Crippen LogP contribution in [0.4, 0.5) is 0 Å². The first-order valence-corrected chi connectivity index (χ1v) is 6.07. The maximum atomic E-state index is 5.31. The van der Waals surface area contributed by atoms with E-state index in [0.717, 1.165) is 16.9 Å². The fourth-order valence-electron chi connectivity index (χ4n) is 1.85. The summed E-state index contributed by atoms with van der Waals surface area (Å²) in [7, 11) is 1.59. The van der Waals surface area contributed by atoms with E-state index < -0.39 is 0 Å². The highest BCUT2D eigenvalue weighted by Gasteiger charge is 2.08. The van der Waals surface area contributed by atoms with Gasteiger partial charge in [0.05, 0.1) is 24.9 Å². The third kappa shape index (κ3) is 2.19. The SMILES string of the molecule is COc1ccc2[nH]c(=S)n(Cc3ccncn3)c2n1. The molecule has 0 fully saturated rings. The summed E-state index contributed by atoms with van der Waals surface area (Å²) in [6.07, 6.45) is 3.22. The van der Waals surface area contributed by atoms with E-state index in [0.29, 0.717) is 17.2 Å². The highest BCUT2D eigenvalue weighted by Crippen LogP contribution is 2.17. The third-order valence-corrected chi connectivity index (χ3v) is 3.09. The van der Waals surface area contributed by atoms with Crippen LogP contribution in [0.3, 0.4) is 0 Å². The smallest absolute Gasteiger partial charge is 0.215 e. The maximum absolute atomic E-state index is 5.31. The molecule has 0 aromatic carbocycles. The van der Waals surface area contributed by atoms with Crippen LogP contribution in [0.1, 0.15) is 5.69 Å². The van der Waals surface area contributed by atoms with Gasteiger partial charge in [-0.15, -0.1) is 0 Å². The lowest BCUT2D eigenvalue weighted by Gasteiger charge is -2.04. The summed E-state index contributed by atoms with van der Waals surface area (Å²) in [5, 5.41) is 0. The average molecular weight is 273 g/mol. The van der Waals surface area contributed by atoms with Gasteiger partial charge < -0.3 is 9.72 Å². The predicted octanol–water partition coefficient (Wildman–Crippen LogP) is 1.94. The van der Waals surface area contributed by atoms with Gasteiger partial charge in [0.25, 0.3) is 0 Å². The monoisotopic (exact) mass is 273 g/mol. The minimum Gasteiger partial charge on any atom is -0.481 e. The lowest BCUT2D eigenvalue weighted by molar-refractivity contribution is 0.399. The van der Waals surface area contributed by atoms with Crippen molar-refractivity contribution < 1.29 is 4.74 Å². The molecule has 0 bridgehead atoms. The number of pyridine rings is 1. The number of fused-ring (bicyclic) bond motifs is 1. The van der Waals surface area contributed by atoms with E-state index in [-0.39, 0.29) is 0 Å². The predicted molar refractivity (Wildman–Crippen MR) is 72.6 cm³/mol. The number of methoxy groups -OCH3 is 1. The second-order valence-corrected chi connectivity index (χ2v) is 4.33. The molecule has 7 heteroatoms. The van der Waals surface area contributed by atoms with Gasteiger partial charge in [-0.25, -0.2) is 9.97 Å². The zero-order valence-electron chi connectivity index (χ0n) is 10.2. The van der Waals surface area contributed by atoms with Crippen molar-refractivity contribution in [3.63, 3.8) is 0 Å². The van der Waals surface area contributed by atoms with Crippen molar-refractivity contribution in [1.82, 2.24) is 24.5 Å². The Labute approximate surface area is 114 Å². The van der Waals surface area contributed by atoms with Crippen molar-refractivity contribution in [3.05, 3.63) is 41.2 Å². The summed E-state index contributed by atoms with van der Waals surface area (Å²) in [6, 6.07) is 5.54. The second kappa shape index (κ2) is 4.77. The van der Waals surface area contributed by atoms with E-state index in [1.54, 1.807) is 19.4 Å². The highest BCUT2D eigenvalue weighted by molar-refractivity contribution is 7.71. The number of nitrogens with one attached hydrogen (secondary N) is 1. The topological polar surface area (TPSA) is 68.6 Å². The Hall–Kier alpha value is -2.28. The molecule has 0 aliphatic carbocycles. The molecule has 3 aromatic rings. The summed E-state index contributed by atoms with van der Waals surface area (Å²) < 4.78 is 7.63. The number of imidazole rings is 1. The second-order valence-electron chi connectivity index (χ2n) is 3.94. The molecule has 0 atom stereocenters. The summed E-state index contributed by atoms with van der Waals surface area (Å²) >= 11 is 5.31. The largest absolute Gasteiger partial charge is 0.481 e. The molecular weight excluding hydrogens is 262 g/mol. The van der Waals surface area contributed by atoms with Crippen LogP contribution in [-0.2, 0) is 6.54 Å². The minimum absolute atomic E-state index is 0.543. The number of hydrogen-bond donors (Lipinski definition) is 1. The lowest BCUT2D eigenvalue weighted by Crippen LogP contribution is -2.03. The summed E-state index contributed by atoms with van der Waals surface area (Å²) in [4.78, 5) is 15.6. The third-order valence-electron chi connectivity index (χ3n) is 2.76. The molecule has 0 aliphatic heterocycles. The Balaban J connectivity index is 2.12. The van der Waals surface area contributed by atoms with Crippen LogP contribution in [0.15, 0.2) is 30.7 Å². The summed E-state index contributed by atoms with van der Waals surface area (Å²) in [6.45, 7) is 0.543. The molecule has 0 spiro atoms. The van der Waals surface area contributed by atoms with Crippen molar-refractivity contribution in [1.29, 1.82) is 0 Å². The van der Waals surface area contributed by atoms with Gasteiger partial charge in [-0.3, -0.25) is 4.57 Å². The lowest BCUT2D eigenvalue weighted by atomic mass is 10.4. The van der Waals surface area contributed by atoms with Gasteiger partial charge in [0, 0.05) is 12.3 Å². The number of H-pyrrole nitrogens is 1. The van der Waals surface area contributed by atoms with Gasteiger partial charge >= 0.3 is 0 Å². The number of hydrogen-bond acceptors (Lipinski definition) is 5. The fourth-order valence-corrected chi connectivity index (χ4v) is 2.11. The Kier molecular flexibility index (Phi) is 2.96. The van der Waals surface area contributed by atoms with Crippen LogP contribution in [0.2, 0.25) is 0 Å². The van der Waals surface area contributed by atoms with Gasteiger partial charge in [0.2, 0.25) is 5.88 Å². The maximum Gasteiger partial charge on any atom is 0.215 e. The van der Waals surface area contributed by atoms with Crippen LogP contribution in [0.25, 0.3) is 11.2 Å². The van der Waals surface area contributed by atoms with Gasteiger partial charge in [-0.05, 0) is 24.4 Å². The van der Waals surface area contributed by atoms with E-state index in [4.69, 9.17) is 17.0 Å². The summed E-state index contributed by atoms with van der Waals surface area (Å²) in [5.41, 5.74) is 2.50. The Bertz CT molecular complexity index is 765. The van der Waals surface area contributed by atoms with Crippen molar-refractivity contribution >= 4 is 23.4 Å². The van der Waals surface area contributed by atoms with Crippen LogP contribution in [0, 0.1) is 4.77 Å². The first-order chi connectivity index (χ1) is 9.28. The fraction of sp³-hybridized carbons (Fsp3) is 0.167. The van der Waals surface area contributed by atoms with Crippen LogP contribution < -0.4 is 4.74 Å². The zero-order valence-corrected chi connectivity index (χ0v) is 11.0. The molecule has 96 valence electrons. The van der Waals surface area contributed by atoms with E-state index in [2.05, 4.69) is 19.9 Å². The number of nitrogens with zero attached hydrogens (tertiary/aromatic N) is 4. The Morgan fingerprint density at radius 1 is 1.37 bits per heavy atom. The molecule has 0 amide bonds. The van der Waals surface area contributed by atoms with E-state index in [1.165, 1.54) is 6.33 Å². The van der Waals surface area contributed by atoms with Gasteiger partial charge in [-0.1, -0.05) is 0 Å². The number of rotatable bonds is 3. The number of aromatic nitrogens is 5. The first kappa shape index (κ1) is 11.8. The molecule has 0 saturated heterocycles. The molecule has 0 aliphatic rings. The molecule has 0 saturated carbocycles. The van der Waals surface area contributed by atoms with Gasteiger partial charge in [0.15, 0.2) is 10.4 Å². The molecule has 6 nitrogen and oxygen atoms in total. The van der Waals surface area contributed by atoms with E-state index in [1.807, 2.05) is 16.7 Å². The van der Waals surface area contributed by atoms with Gasteiger partial charge in [-0.2, -0.15) is 4.98 Å². The molecular formula is C12H11N5OS. The van der Waals surface area contributed by atoms with Crippen LogP contribution in [-0.4, -0.2) is 31.6 Å². The van der Waals surface area contributed by atoms with Crippen molar-refractivity contribution in [2.24, 2.45) is 0 Å².